The van der Waals surface area contributed by atoms with E-state index in [1.165, 1.54) is 32.4 Å². The molecule has 1 saturated heterocycles. The molecule has 2 rings (SSSR count). The molecule has 0 aromatic carbocycles. The van der Waals surface area contributed by atoms with Crippen LogP contribution in [0.5, 0.6) is 0 Å². The number of hydrogen-bond acceptors (Lipinski definition) is 2. The summed E-state index contributed by atoms with van der Waals surface area (Å²) in [5.74, 6) is 0. The Bertz CT molecular complexity index is 217. The number of nitrogens with zero attached hydrogens (tertiary/aromatic N) is 1. The topological polar surface area (TPSA) is 15.3 Å². The first kappa shape index (κ1) is 11.4. The number of likely N-dealkylation sites (tertiary alicyclic amines) is 1. The Morgan fingerprint density at radius 1 is 1.20 bits per heavy atom. The molecule has 1 unspecified atom stereocenters. The van der Waals surface area contributed by atoms with E-state index in [1.54, 1.807) is 0 Å². The lowest BCUT2D eigenvalue weighted by molar-refractivity contribution is -0.0183. The largest absolute Gasteiger partial charge is 0.312 e. The predicted octanol–water partition coefficient (Wildman–Crippen LogP) is 2.25. The molecule has 88 valence electrons. The van der Waals surface area contributed by atoms with Crippen LogP contribution in [0.4, 0.5) is 0 Å². The Morgan fingerprint density at radius 2 is 1.87 bits per heavy atom. The van der Waals surface area contributed by atoms with E-state index in [0.717, 1.165) is 12.1 Å². The van der Waals surface area contributed by atoms with Crippen LogP contribution in [0.3, 0.4) is 0 Å². The molecule has 0 aromatic heterocycles. The van der Waals surface area contributed by atoms with Crippen LogP contribution in [0.15, 0.2) is 0 Å². The smallest absolute Gasteiger partial charge is 0.00758 e. The minimum atomic E-state index is 0.645. The lowest BCUT2D eigenvalue weighted by atomic mass is 9.77. The highest BCUT2D eigenvalue weighted by atomic mass is 15.2. The second-order valence-electron chi connectivity index (χ2n) is 6.26. The zero-order valence-electron chi connectivity index (χ0n) is 10.7. The summed E-state index contributed by atoms with van der Waals surface area (Å²) in [4.78, 5) is 2.61. The summed E-state index contributed by atoms with van der Waals surface area (Å²) in [6.45, 7) is 11.8. The first-order valence-corrected chi connectivity index (χ1v) is 6.51. The van der Waals surface area contributed by atoms with Gasteiger partial charge in [0.25, 0.3) is 0 Å². The first-order chi connectivity index (χ1) is 7.01. The van der Waals surface area contributed by atoms with Gasteiger partial charge in [-0.3, -0.25) is 4.90 Å². The van der Waals surface area contributed by atoms with Crippen LogP contribution in [0.1, 0.15) is 47.0 Å². The van der Waals surface area contributed by atoms with Crippen molar-refractivity contribution in [3.8, 4) is 0 Å². The van der Waals surface area contributed by atoms with Crippen molar-refractivity contribution in [2.45, 2.75) is 65.1 Å². The molecule has 1 aliphatic carbocycles. The van der Waals surface area contributed by atoms with E-state index >= 15 is 0 Å². The van der Waals surface area contributed by atoms with E-state index in [0.29, 0.717) is 11.5 Å². The maximum Gasteiger partial charge on any atom is 0.00758 e. The van der Waals surface area contributed by atoms with Gasteiger partial charge in [0.2, 0.25) is 0 Å². The SMILES string of the molecule is CC(C)NC1CCC2(C1)CN(C(C)C)C2. The lowest BCUT2D eigenvalue weighted by Crippen LogP contribution is -2.57. The Kier molecular flexibility index (Phi) is 3.09. The molecule has 0 aromatic rings. The number of rotatable bonds is 3. The second kappa shape index (κ2) is 4.06. The van der Waals surface area contributed by atoms with Crippen molar-refractivity contribution in [3.05, 3.63) is 0 Å². The predicted molar refractivity (Wildman–Crippen MR) is 65.1 cm³/mol. The van der Waals surface area contributed by atoms with E-state index in [9.17, 15) is 0 Å². The van der Waals surface area contributed by atoms with E-state index in [1.807, 2.05) is 0 Å². The normalized spacial score (nSPS) is 30.4. The van der Waals surface area contributed by atoms with Gasteiger partial charge in [-0.25, -0.2) is 0 Å². The summed E-state index contributed by atoms with van der Waals surface area (Å²) in [5, 5.41) is 3.69. The summed E-state index contributed by atoms with van der Waals surface area (Å²) in [6.07, 6.45) is 4.25. The molecule has 1 aliphatic heterocycles. The summed E-state index contributed by atoms with van der Waals surface area (Å²) >= 11 is 0. The fraction of sp³-hybridized carbons (Fsp3) is 1.00. The fourth-order valence-electron chi connectivity index (χ4n) is 3.29. The molecule has 1 spiro atoms. The molecule has 1 N–H and O–H groups in total. The summed E-state index contributed by atoms with van der Waals surface area (Å²) < 4.78 is 0. The van der Waals surface area contributed by atoms with E-state index in [4.69, 9.17) is 0 Å². The van der Waals surface area contributed by atoms with Gasteiger partial charge in [-0.15, -0.1) is 0 Å². The van der Waals surface area contributed by atoms with Crippen molar-refractivity contribution >= 4 is 0 Å². The van der Waals surface area contributed by atoms with Crippen LogP contribution in [-0.4, -0.2) is 36.1 Å². The monoisotopic (exact) mass is 210 g/mol. The molecule has 1 atom stereocenters. The van der Waals surface area contributed by atoms with Gasteiger partial charge in [-0.05, 0) is 38.5 Å². The molecule has 2 heteroatoms. The minimum absolute atomic E-state index is 0.645. The Morgan fingerprint density at radius 3 is 2.40 bits per heavy atom. The molecule has 15 heavy (non-hydrogen) atoms. The van der Waals surface area contributed by atoms with Gasteiger partial charge in [0.1, 0.15) is 0 Å². The third-order valence-corrected chi connectivity index (χ3v) is 4.08. The molecule has 1 heterocycles. The van der Waals surface area contributed by atoms with Crippen molar-refractivity contribution in [2.24, 2.45) is 5.41 Å². The van der Waals surface area contributed by atoms with Crippen LogP contribution in [0, 0.1) is 5.41 Å². The van der Waals surface area contributed by atoms with E-state index in [2.05, 4.69) is 37.9 Å². The van der Waals surface area contributed by atoms with Crippen LogP contribution in [-0.2, 0) is 0 Å². The summed E-state index contributed by atoms with van der Waals surface area (Å²) in [7, 11) is 0. The molecular weight excluding hydrogens is 184 g/mol. The molecule has 2 nitrogen and oxygen atoms in total. The number of hydrogen-bond donors (Lipinski definition) is 1. The molecule has 2 aliphatic rings. The van der Waals surface area contributed by atoms with Crippen LogP contribution in [0.2, 0.25) is 0 Å². The minimum Gasteiger partial charge on any atom is -0.312 e. The van der Waals surface area contributed by atoms with Crippen molar-refractivity contribution in [3.63, 3.8) is 0 Å². The Labute approximate surface area is 94.4 Å². The molecule has 0 amide bonds. The summed E-state index contributed by atoms with van der Waals surface area (Å²) in [5.41, 5.74) is 0.691. The standard InChI is InChI=1S/C13H26N2/c1-10(2)14-12-5-6-13(7-12)8-15(9-13)11(3)4/h10-12,14H,5-9H2,1-4H3. The molecular formula is C13H26N2. The fourth-order valence-corrected chi connectivity index (χ4v) is 3.29. The van der Waals surface area contributed by atoms with E-state index in [-0.39, 0.29) is 0 Å². The van der Waals surface area contributed by atoms with Gasteiger partial charge in [0.15, 0.2) is 0 Å². The zero-order valence-corrected chi connectivity index (χ0v) is 10.7. The summed E-state index contributed by atoms with van der Waals surface area (Å²) in [6, 6.07) is 2.18. The van der Waals surface area contributed by atoms with Crippen molar-refractivity contribution < 1.29 is 0 Å². The van der Waals surface area contributed by atoms with Gasteiger partial charge in [0, 0.05) is 31.2 Å². The van der Waals surface area contributed by atoms with Gasteiger partial charge >= 0.3 is 0 Å². The quantitative estimate of drug-likeness (QED) is 0.768. The maximum absolute atomic E-state index is 3.69. The third-order valence-electron chi connectivity index (χ3n) is 4.08. The Balaban J connectivity index is 1.79. The van der Waals surface area contributed by atoms with Gasteiger partial charge in [0.05, 0.1) is 0 Å². The highest BCUT2D eigenvalue weighted by Gasteiger charge is 2.48. The molecule has 1 saturated carbocycles. The molecule has 0 bridgehead atoms. The van der Waals surface area contributed by atoms with Crippen molar-refractivity contribution in [1.82, 2.24) is 10.2 Å². The maximum atomic E-state index is 3.69. The van der Waals surface area contributed by atoms with Gasteiger partial charge < -0.3 is 5.32 Å². The highest BCUT2D eigenvalue weighted by Crippen LogP contribution is 2.46. The van der Waals surface area contributed by atoms with Crippen molar-refractivity contribution in [2.75, 3.05) is 13.1 Å². The number of nitrogens with one attached hydrogen (secondary N) is 1. The van der Waals surface area contributed by atoms with Crippen LogP contribution >= 0.6 is 0 Å². The first-order valence-electron chi connectivity index (χ1n) is 6.51. The highest BCUT2D eigenvalue weighted by molar-refractivity contribution is 5.03. The van der Waals surface area contributed by atoms with Crippen molar-refractivity contribution in [1.29, 1.82) is 0 Å². The van der Waals surface area contributed by atoms with Crippen LogP contribution < -0.4 is 5.32 Å². The van der Waals surface area contributed by atoms with Crippen LogP contribution in [0.25, 0.3) is 0 Å². The zero-order chi connectivity index (χ0) is 11.1. The van der Waals surface area contributed by atoms with Gasteiger partial charge in [-0.2, -0.15) is 0 Å². The Hall–Kier alpha value is -0.0800. The third kappa shape index (κ3) is 2.36. The molecule has 2 fully saturated rings. The molecule has 0 radical (unpaired) electrons. The average Bonchev–Trinajstić information content (AvgIpc) is 2.44. The second-order valence-corrected chi connectivity index (χ2v) is 6.26. The van der Waals surface area contributed by atoms with E-state index < -0.39 is 0 Å². The van der Waals surface area contributed by atoms with Gasteiger partial charge in [-0.1, -0.05) is 13.8 Å². The average molecular weight is 210 g/mol. The lowest BCUT2D eigenvalue weighted by Gasteiger charge is -2.50.